The van der Waals surface area contributed by atoms with E-state index in [1.807, 2.05) is 39.8 Å². The van der Waals surface area contributed by atoms with E-state index in [0.717, 1.165) is 11.1 Å². The van der Waals surface area contributed by atoms with E-state index >= 15 is 0 Å². The summed E-state index contributed by atoms with van der Waals surface area (Å²) in [6.07, 6.45) is 3.42. The molecule has 5 atom stereocenters. The minimum Gasteiger partial charge on any atom is -0.465 e. The average Bonchev–Trinajstić information content (AvgIpc) is 3.22. The van der Waals surface area contributed by atoms with Crippen LogP contribution < -0.4 is 10.6 Å². The number of aliphatic hydroxyl groups is 1. The van der Waals surface area contributed by atoms with Crippen LogP contribution in [0.2, 0.25) is 18.1 Å². The monoisotopic (exact) mass is 573 g/mol. The number of nitrogens with zero attached hydrogens (tertiary/aromatic N) is 1. The quantitative estimate of drug-likeness (QED) is 0.245. The highest BCUT2D eigenvalue weighted by Gasteiger charge is 2.47. The third-order valence-electron chi connectivity index (χ3n) is 8.21. The molecule has 1 fully saturated rings. The summed E-state index contributed by atoms with van der Waals surface area (Å²) in [5.41, 5.74) is 0.713. The maximum absolute atomic E-state index is 13.9. The average molecular weight is 574 g/mol. The lowest BCUT2D eigenvalue weighted by atomic mass is 9.78. The Kier molecular flexibility index (Phi) is 10.6. The van der Waals surface area contributed by atoms with E-state index in [9.17, 15) is 24.6 Å². The highest BCUT2D eigenvalue weighted by molar-refractivity contribution is 6.74. The van der Waals surface area contributed by atoms with E-state index in [1.165, 1.54) is 4.90 Å². The van der Waals surface area contributed by atoms with Gasteiger partial charge in [-0.3, -0.25) is 9.59 Å². The minimum atomic E-state index is -2.10. The molecule has 0 bridgehead atoms. The van der Waals surface area contributed by atoms with Gasteiger partial charge in [-0.25, -0.2) is 4.79 Å². The zero-order chi connectivity index (χ0) is 30.6. The molecule has 0 aromatic heterocycles. The van der Waals surface area contributed by atoms with Crippen LogP contribution in [0.25, 0.3) is 0 Å². The van der Waals surface area contributed by atoms with E-state index < -0.39 is 49.8 Å². The van der Waals surface area contributed by atoms with Crippen molar-refractivity contribution < 1.29 is 29.0 Å². The number of nitrogens with one attached hydrogen (secondary N) is 2. The zero-order valence-corrected chi connectivity index (χ0v) is 26.4. The Morgan fingerprint density at radius 1 is 1.12 bits per heavy atom. The highest BCUT2D eigenvalue weighted by Crippen LogP contribution is 2.39. The fourth-order valence-corrected chi connectivity index (χ4v) is 6.47. The van der Waals surface area contributed by atoms with Gasteiger partial charge < -0.3 is 30.2 Å². The Morgan fingerprint density at radius 3 is 2.20 bits per heavy atom. The zero-order valence-electron chi connectivity index (χ0n) is 25.4. The molecule has 1 aliphatic rings. The molecule has 3 unspecified atom stereocenters. The third-order valence-corrected chi connectivity index (χ3v) is 12.8. The van der Waals surface area contributed by atoms with Gasteiger partial charge in [0.2, 0.25) is 11.8 Å². The summed E-state index contributed by atoms with van der Waals surface area (Å²) in [6, 6.07) is 4.77. The number of hydrogen-bond acceptors (Lipinski definition) is 5. The van der Waals surface area contributed by atoms with Gasteiger partial charge in [0.05, 0.1) is 12.1 Å². The number of benzene rings is 1. The number of rotatable bonds is 10. The molecule has 1 aromatic rings. The van der Waals surface area contributed by atoms with Gasteiger partial charge in [0, 0.05) is 24.6 Å². The van der Waals surface area contributed by atoms with Gasteiger partial charge in [-0.05, 0) is 61.5 Å². The van der Waals surface area contributed by atoms with Gasteiger partial charge in [-0.2, -0.15) is 0 Å². The molecule has 1 saturated heterocycles. The van der Waals surface area contributed by atoms with Gasteiger partial charge in [-0.15, -0.1) is 6.42 Å². The molecule has 0 aliphatic carbocycles. The maximum Gasteiger partial charge on any atom is 0.405 e. The molecule has 0 saturated carbocycles. The summed E-state index contributed by atoms with van der Waals surface area (Å²) >= 11 is 0. The first-order valence-corrected chi connectivity index (χ1v) is 16.7. The van der Waals surface area contributed by atoms with Crippen molar-refractivity contribution in [2.75, 3.05) is 6.54 Å². The van der Waals surface area contributed by atoms with E-state index in [-0.39, 0.29) is 30.1 Å². The van der Waals surface area contributed by atoms with Crippen LogP contribution in [0, 0.1) is 17.8 Å². The van der Waals surface area contributed by atoms with Gasteiger partial charge in [0.1, 0.15) is 12.1 Å². The lowest BCUT2D eigenvalue weighted by Crippen LogP contribution is -2.59. The predicted molar refractivity (Wildman–Crippen MR) is 158 cm³/mol. The highest BCUT2D eigenvalue weighted by atomic mass is 28.4. The van der Waals surface area contributed by atoms with Crippen LogP contribution in [0.15, 0.2) is 24.3 Å². The van der Waals surface area contributed by atoms with Crippen LogP contribution in [0.1, 0.15) is 78.5 Å². The fraction of sp³-hybridized carbons (Fsp3) is 0.633. The van der Waals surface area contributed by atoms with E-state index in [2.05, 4.69) is 50.4 Å². The normalized spacial score (nSPS) is 20.3. The Labute approximate surface area is 240 Å². The molecule has 10 heteroatoms. The Hall–Kier alpha value is -2.87. The Bertz CT molecular complexity index is 1110. The number of hydrogen-bond donors (Lipinski definition) is 4. The van der Waals surface area contributed by atoms with Gasteiger partial charge in [-0.1, -0.05) is 52.7 Å². The summed E-state index contributed by atoms with van der Waals surface area (Å²) in [5.74, 6) is 1.59. The van der Waals surface area contributed by atoms with Crippen LogP contribution in [-0.4, -0.2) is 72.2 Å². The molecule has 0 spiro atoms. The molecule has 3 amide bonds. The number of aliphatic hydroxyl groups excluding tert-OH is 1. The smallest absolute Gasteiger partial charge is 0.405 e. The van der Waals surface area contributed by atoms with Gasteiger partial charge >= 0.3 is 6.09 Å². The first kappa shape index (κ1) is 33.3. The number of carbonyl (C=O) groups is 3. The summed E-state index contributed by atoms with van der Waals surface area (Å²) in [7, 11) is -2.10. The number of likely N-dealkylation sites (tertiary alicyclic amines) is 1. The second-order valence-electron chi connectivity index (χ2n) is 13.2. The van der Waals surface area contributed by atoms with Crippen LogP contribution in [0.4, 0.5) is 4.79 Å². The number of amides is 3. The van der Waals surface area contributed by atoms with Crippen molar-refractivity contribution in [1.82, 2.24) is 15.5 Å². The summed E-state index contributed by atoms with van der Waals surface area (Å²) in [5, 5.41) is 25.4. The molecule has 1 heterocycles. The molecular weight excluding hydrogens is 526 g/mol. The van der Waals surface area contributed by atoms with E-state index in [4.69, 9.17) is 10.8 Å². The van der Waals surface area contributed by atoms with Crippen LogP contribution in [0.3, 0.4) is 0 Å². The molecule has 222 valence electrons. The van der Waals surface area contributed by atoms with Crippen LogP contribution >= 0.6 is 0 Å². The Balaban J connectivity index is 2.24. The van der Waals surface area contributed by atoms with E-state index in [1.54, 1.807) is 12.1 Å². The van der Waals surface area contributed by atoms with Crippen molar-refractivity contribution in [2.24, 2.45) is 5.41 Å². The topological polar surface area (TPSA) is 128 Å². The SMILES string of the molecule is C#Cc1ccc(C(C)NC(=O)[C@@H]2C[C@@H](O)CN2C(=O)C(NC(=O)O)C(C)(C)CC(C)O[Si](C)(C)C(C)(C)C)cc1. The first-order chi connectivity index (χ1) is 18.3. The number of β-amino-alcohol motifs (C(OH)–C–C–N with tert-alkyl or cyclic N) is 1. The molecule has 2 rings (SSSR count). The molecule has 4 N–H and O–H groups in total. The van der Waals surface area contributed by atoms with E-state index in [0.29, 0.717) is 6.42 Å². The molecule has 40 heavy (non-hydrogen) atoms. The number of carboxylic acid groups (broad SMARTS) is 1. The largest absolute Gasteiger partial charge is 0.465 e. The van der Waals surface area contributed by atoms with Crippen molar-refractivity contribution in [3.63, 3.8) is 0 Å². The molecule has 9 nitrogen and oxygen atoms in total. The van der Waals surface area contributed by atoms with Crippen molar-refractivity contribution >= 4 is 26.2 Å². The van der Waals surface area contributed by atoms with Crippen LogP contribution in [0.5, 0.6) is 0 Å². The molecule has 1 aliphatic heterocycles. The second kappa shape index (κ2) is 12.8. The second-order valence-corrected chi connectivity index (χ2v) is 17.9. The number of terminal acetylenes is 1. The summed E-state index contributed by atoms with van der Waals surface area (Å²) in [6.45, 7) is 18.1. The van der Waals surface area contributed by atoms with Crippen molar-refractivity contribution in [3.05, 3.63) is 35.4 Å². The molecule has 0 radical (unpaired) electrons. The maximum atomic E-state index is 13.9. The standard InChI is InChI=1S/C30H47N3O6Si/c1-11-21-12-14-22(15-13-21)20(3)31-26(35)24-16-23(34)18-33(24)27(36)25(32-28(37)38)30(7,8)17-19(2)39-40(9,10)29(4,5)6/h1,12-15,19-20,23-25,32,34H,16-18H2,2-10H3,(H,31,35)(H,37,38)/t19?,20?,23-,24+,25?/m1/s1. The van der Waals surface area contributed by atoms with Crippen molar-refractivity contribution in [3.8, 4) is 12.3 Å². The van der Waals surface area contributed by atoms with Crippen molar-refractivity contribution in [2.45, 2.75) is 110 Å². The third kappa shape index (κ3) is 8.32. The van der Waals surface area contributed by atoms with Crippen LogP contribution in [-0.2, 0) is 14.0 Å². The van der Waals surface area contributed by atoms with Crippen molar-refractivity contribution in [1.29, 1.82) is 0 Å². The summed E-state index contributed by atoms with van der Waals surface area (Å²) in [4.78, 5) is 40.3. The lowest BCUT2D eigenvalue weighted by Gasteiger charge is -2.42. The fourth-order valence-electron chi connectivity index (χ4n) is 5.03. The minimum absolute atomic E-state index is 0.00725. The summed E-state index contributed by atoms with van der Waals surface area (Å²) < 4.78 is 6.50. The van der Waals surface area contributed by atoms with Gasteiger partial charge in [0.25, 0.3) is 0 Å². The van der Waals surface area contributed by atoms with Gasteiger partial charge in [0.15, 0.2) is 8.32 Å². The first-order valence-electron chi connectivity index (χ1n) is 13.8. The number of carbonyl (C=O) groups excluding carboxylic acids is 2. The predicted octanol–water partition coefficient (Wildman–Crippen LogP) is 4.27. The lowest BCUT2D eigenvalue weighted by molar-refractivity contribution is -0.142. The Morgan fingerprint density at radius 2 is 1.70 bits per heavy atom. The molecular formula is C30H47N3O6Si. The molecule has 1 aromatic carbocycles.